The molecule has 1 aliphatic carbocycles. The molecule has 9 nitrogen and oxygen atoms in total. The fourth-order valence-electron chi connectivity index (χ4n) is 3.46. The second-order valence-electron chi connectivity index (χ2n) is 6.40. The van der Waals surface area contributed by atoms with Gasteiger partial charge in [-0.25, -0.2) is 15.0 Å². The van der Waals surface area contributed by atoms with Gasteiger partial charge in [-0.1, -0.05) is 0 Å². The number of aliphatic hydroxyl groups excluding tert-OH is 2. The highest BCUT2D eigenvalue weighted by molar-refractivity contribution is 14.1. The number of hydrogen-bond acceptors (Lipinski definition) is 7. The minimum absolute atomic E-state index is 0.275. The second kappa shape index (κ2) is 6.65. The zero-order chi connectivity index (χ0) is 18.4. The average Bonchev–Trinajstić information content (AvgIpc) is 3.09. The van der Waals surface area contributed by atoms with Crippen LogP contribution in [0.25, 0.3) is 11.2 Å². The molecule has 0 spiro atoms. The van der Waals surface area contributed by atoms with E-state index in [1.807, 2.05) is 29.5 Å². The molecule has 1 fully saturated rings. The van der Waals surface area contributed by atoms with Gasteiger partial charge in [-0.15, -0.1) is 0 Å². The van der Waals surface area contributed by atoms with Crippen LogP contribution in [0.1, 0.15) is 26.3 Å². The Hall–Kier alpha value is -1.53. The summed E-state index contributed by atoms with van der Waals surface area (Å²) in [7, 11) is 1.52. The molecule has 2 aromatic heterocycles. The van der Waals surface area contributed by atoms with Gasteiger partial charge in [0.1, 0.15) is 6.10 Å². The van der Waals surface area contributed by atoms with Gasteiger partial charge in [0.25, 0.3) is 0 Å². The van der Waals surface area contributed by atoms with E-state index in [-0.39, 0.29) is 12.3 Å². The third-order valence-electron chi connectivity index (χ3n) is 4.85. The summed E-state index contributed by atoms with van der Waals surface area (Å²) >= 11 is 2.02. The van der Waals surface area contributed by atoms with Crippen molar-refractivity contribution in [3.05, 3.63) is 10.2 Å². The summed E-state index contributed by atoms with van der Waals surface area (Å²) in [6, 6.07) is -0.512. The van der Waals surface area contributed by atoms with Crippen molar-refractivity contribution in [2.24, 2.45) is 5.41 Å². The van der Waals surface area contributed by atoms with Crippen molar-refractivity contribution in [2.75, 3.05) is 18.9 Å². The number of anilines is 1. The van der Waals surface area contributed by atoms with Crippen molar-refractivity contribution >= 4 is 45.5 Å². The smallest absolute Gasteiger partial charge is 0.228 e. The number of fused-ring (bicyclic) bond motifs is 1. The molecular formula is C15H21IN6O3. The number of halogens is 1. The Bertz CT molecular complexity index is 812. The number of aromatic nitrogens is 4. The molecule has 0 radical (unpaired) electrons. The molecule has 4 atom stereocenters. The molecule has 136 valence electrons. The number of amides is 1. The Morgan fingerprint density at radius 1 is 1.48 bits per heavy atom. The maximum absolute atomic E-state index is 12.2. The maximum Gasteiger partial charge on any atom is 0.228 e. The topological polar surface area (TPSA) is 125 Å². The predicted octanol–water partition coefficient (Wildman–Crippen LogP) is 0.282. The quantitative estimate of drug-likeness (QED) is 0.382. The summed E-state index contributed by atoms with van der Waals surface area (Å²) in [4.78, 5) is 25.4. The van der Waals surface area contributed by atoms with Gasteiger partial charge in [-0.05, 0) is 20.3 Å². The highest BCUT2D eigenvalue weighted by Crippen LogP contribution is 2.45. The van der Waals surface area contributed by atoms with E-state index in [0.717, 1.165) is 0 Å². The fraction of sp³-hybridized carbons (Fsp3) is 0.600. The first-order chi connectivity index (χ1) is 11.8. The van der Waals surface area contributed by atoms with E-state index >= 15 is 0 Å². The third-order valence-corrected chi connectivity index (χ3v) is 5.33. The van der Waals surface area contributed by atoms with Gasteiger partial charge in [-0.2, -0.15) is 0 Å². The normalized spacial score (nSPS) is 29.1. The number of hydrogen-bond donors (Lipinski definition) is 4. The highest BCUT2D eigenvalue weighted by Gasteiger charge is 2.54. The lowest BCUT2D eigenvalue weighted by Gasteiger charge is -2.26. The Kier molecular flexibility index (Phi) is 4.86. The number of carbonyl (C=O) groups excluding carboxylic acids is 1. The molecule has 0 bridgehead atoms. The zero-order valence-corrected chi connectivity index (χ0v) is 16.4. The lowest BCUT2D eigenvalue weighted by Crippen LogP contribution is -2.45. The lowest BCUT2D eigenvalue weighted by atomic mass is 9.85. The highest BCUT2D eigenvalue weighted by atomic mass is 127. The van der Waals surface area contributed by atoms with Crippen molar-refractivity contribution in [2.45, 2.75) is 38.5 Å². The minimum Gasteiger partial charge on any atom is -0.389 e. The van der Waals surface area contributed by atoms with Crippen molar-refractivity contribution in [1.29, 1.82) is 0 Å². The van der Waals surface area contributed by atoms with Crippen molar-refractivity contribution in [3.8, 4) is 0 Å². The first kappa shape index (κ1) is 18.3. The van der Waals surface area contributed by atoms with Gasteiger partial charge in [0.2, 0.25) is 5.91 Å². The number of nitrogens with one attached hydrogen (secondary N) is 2. The summed E-state index contributed by atoms with van der Waals surface area (Å²) in [6.07, 6.45) is -0.428. The number of carbonyl (C=O) groups is 1. The van der Waals surface area contributed by atoms with Gasteiger partial charge in [0.05, 0.1) is 23.9 Å². The van der Waals surface area contributed by atoms with Crippen LogP contribution in [-0.2, 0) is 4.79 Å². The Morgan fingerprint density at radius 2 is 2.20 bits per heavy atom. The largest absolute Gasteiger partial charge is 0.389 e. The molecule has 1 aliphatic rings. The van der Waals surface area contributed by atoms with Crippen LogP contribution in [0.15, 0.2) is 6.33 Å². The van der Waals surface area contributed by atoms with E-state index in [2.05, 4.69) is 25.6 Å². The van der Waals surface area contributed by atoms with E-state index in [4.69, 9.17) is 0 Å². The van der Waals surface area contributed by atoms with Gasteiger partial charge in [-0.3, -0.25) is 4.79 Å². The standard InChI is InChI=1S/C15H21IN6O3/c1-4-18-11-8-12(21-14(16)20-11)22(6-19-8)7-5-15(2,13(25)17-3)10(24)9(7)23/h6-7,9-10,23-24H,4-5H2,1-3H3,(H,17,25)(H,18,20,21)/t7-,9?,10?,15+/m1/s1. The molecule has 1 saturated carbocycles. The molecule has 25 heavy (non-hydrogen) atoms. The summed E-state index contributed by atoms with van der Waals surface area (Å²) < 4.78 is 2.27. The van der Waals surface area contributed by atoms with Gasteiger partial charge >= 0.3 is 0 Å². The summed E-state index contributed by atoms with van der Waals surface area (Å²) in [5.41, 5.74) is 0.0744. The second-order valence-corrected chi connectivity index (χ2v) is 7.36. The van der Waals surface area contributed by atoms with E-state index in [1.54, 1.807) is 17.8 Å². The van der Waals surface area contributed by atoms with Crippen LogP contribution >= 0.6 is 22.6 Å². The number of rotatable bonds is 4. The molecule has 1 amide bonds. The molecule has 2 heterocycles. The minimum atomic E-state index is -1.18. The molecule has 0 saturated heterocycles. The van der Waals surface area contributed by atoms with E-state index in [1.165, 1.54) is 7.05 Å². The fourth-order valence-corrected chi connectivity index (χ4v) is 3.93. The van der Waals surface area contributed by atoms with Gasteiger partial charge in [0.15, 0.2) is 20.8 Å². The van der Waals surface area contributed by atoms with Crippen LogP contribution in [0, 0.1) is 9.25 Å². The molecule has 2 unspecified atom stereocenters. The molecule has 10 heteroatoms. The van der Waals surface area contributed by atoms with E-state index in [0.29, 0.717) is 27.4 Å². The summed E-state index contributed by atoms with van der Waals surface area (Å²) in [6.45, 7) is 4.31. The van der Waals surface area contributed by atoms with Crippen LogP contribution < -0.4 is 10.6 Å². The predicted molar refractivity (Wildman–Crippen MR) is 100 cm³/mol. The van der Waals surface area contributed by atoms with Crippen LogP contribution in [-0.4, -0.2) is 61.4 Å². The van der Waals surface area contributed by atoms with E-state index in [9.17, 15) is 15.0 Å². The molecule has 4 N–H and O–H groups in total. The summed E-state index contributed by atoms with van der Waals surface area (Å²) in [5.74, 6) is 0.321. The monoisotopic (exact) mass is 460 g/mol. The van der Waals surface area contributed by atoms with Crippen molar-refractivity contribution < 1.29 is 15.0 Å². The van der Waals surface area contributed by atoms with Gasteiger partial charge < -0.3 is 25.4 Å². The maximum atomic E-state index is 12.2. The van der Waals surface area contributed by atoms with Crippen LogP contribution in [0.5, 0.6) is 0 Å². The van der Waals surface area contributed by atoms with Crippen molar-refractivity contribution in [3.63, 3.8) is 0 Å². The molecular weight excluding hydrogens is 439 g/mol. The van der Waals surface area contributed by atoms with E-state index < -0.39 is 23.7 Å². The average molecular weight is 460 g/mol. The summed E-state index contributed by atoms with van der Waals surface area (Å²) in [5, 5.41) is 26.7. The SMILES string of the molecule is CCNc1nc(I)nc2c1ncn2[C@@H]1C[C@](C)(C(=O)NC)C(O)C1O. The molecule has 0 aliphatic heterocycles. The van der Waals surface area contributed by atoms with Gasteiger partial charge in [0, 0.05) is 36.2 Å². The zero-order valence-electron chi connectivity index (χ0n) is 14.2. The van der Waals surface area contributed by atoms with Crippen molar-refractivity contribution in [1.82, 2.24) is 24.8 Å². The van der Waals surface area contributed by atoms with Crippen LogP contribution in [0.4, 0.5) is 5.82 Å². The molecule has 0 aromatic carbocycles. The lowest BCUT2D eigenvalue weighted by molar-refractivity contribution is -0.136. The Balaban J connectivity index is 2.07. The van der Waals surface area contributed by atoms with Crippen LogP contribution in [0.2, 0.25) is 0 Å². The number of aliphatic hydroxyl groups is 2. The first-order valence-electron chi connectivity index (χ1n) is 8.05. The number of imidazole rings is 1. The number of nitrogens with zero attached hydrogens (tertiary/aromatic N) is 4. The Morgan fingerprint density at radius 3 is 2.84 bits per heavy atom. The third kappa shape index (κ3) is 2.85. The molecule has 2 aromatic rings. The first-order valence-corrected chi connectivity index (χ1v) is 9.13. The van der Waals surface area contributed by atoms with Crippen LogP contribution in [0.3, 0.4) is 0 Å². The molecule has 3 rings (SSSR count). The Labute approximate surface area is 158 Å².